The van der Waals surface area contributed by atoms with Gasteiger partial charge in [-0.05, 0) is 32.9 Å². The van der Waals surface area contributed by atoms with Crippen molar-refractivity contribution in [1.82, 2.24) is 9.97 Å². The molecule has 8 nitrogen and oxygen atoms in total. The molecule has 26 heavy (non-hydrogen) atoms. The molecule has 2 aromatic rings. The molecular weight excluding hydrogens is 360 g/mol. The second kappa shape index (κ2) is 9.66. The summed E-state index contributed by atoms with van der Waals surface area (Å²) in [5, 5.41) is 0. The number of allylic oxidation sites excluding steroid dienone is 2. The third-order valence-electron chi connectivity index (χ3n) is 3.15. The standard InChI is InChI=1S/C11H8O2.C6H8N2O.H2O3S/c1-7-6-10(12)8-4-2-3-5-9(8)11(7)13;1-4-3-5(2)8-6(9)7-4;1-4(2)3/h2-6H,1H3;3H,1-2H3,(H,7,8,9);(H2,1,2,3). The Morgan fingerprint density at radius 3 is 2.04 bits per heavy atom. The SMILES string of the molecule is CC1=CC(=O)c2ccccc2C1=O.Cc1cc(C)[nH]c(=O)n1.O=S(O)O. The number of aryl methyl sites for hydroxylation is 2. The van der Waals surface area contributed by atoms with E-state index in [9.17, 15) is 14.4 Å². The number of aromatic amines is 1. The van der Waals surface area contributed by atoms with Gasteiger partial charge in [-0.3, -0.25) is 18.7 Å². The van der Waals surface area contributed by atoms with Crippen molar-refractivity contribution in [3.05, 3.63) is 75.0 Å². The van der Waals surface area contributed by atoms with Crippen LogP contribution in [-0.2, 0) is 11.4 Å². The summed E-state index contributed by atoms with van der Waals surface area (Å²) in [6, 6.07) is 8.72. The molecule has 0 saturated heterocycles. The minimum Gasteiger partial charge on any atom is -0.310 e. The molecule has 1 aliphatic rings. The highest BCUT2D eigenvalue weighted by Crippen LogP contribution is 2.20. The number of aromatic nitrogens is 2. The van der Waals surface area contributed by atoms with E-state index in [0.717, 1.165) is 11.4 Å². The number of carbonyl (C=O) groups is 2. The number of nitrogens with zero attached hydrogens (tertiary/aromatic N) is 1. The number of fused-ring (bicyclic) bond motifs is 1. The van der Waals surface area contributed by atoms with E-state index in [1.807, 2.05) is 13.0 Å². The summed E-state index contributed by atoms with van der Waals surface area (Å²) in [5.41, 5.74) is 2.89. The van der Waals surface area contributed by atoms with E-state index in [-0.39, 0.29) is 17.3 Å². The van der Waals surface area contributed by atoms with Crippen molar-refractivity contribution in [1.29, 1.82) is 0 Å². The van der Waals surface area contributed by atoms with Crippen molar-refractivity contribution in [2.24, 2.45) is 0 Å². The van der Waals surface area contributed by atoms with E-state index in [0.29, 0.717) is 16.7 Å². The molecule has 0 amide bonds. The van der Waals surface area contributed by atoms with Crippen LogP contribution >= 0.6 is 0 Å². The van der Waals surface area contributed by atoms with Crippen LogP contribution in [0.5, 0.6) is 0 Å². The number of hydrogen-bond donors (Lipinski definition) is 3. The first-order valence-corrected chi connectivity index (χ1v) is 8.39. The van der Waals surface area contributed by atoms with E-state index in [1.54, 1.807) is 38.1 Å². The molecule has 0 atom stereocenters. The van der Waals surface area contributed by atoms with Crippen LogP contribution in [0.3, 0.4) is 0 Å². The fourth-order valence-electron chi connectivity index (χ4n) is 2.19. The molecule has 0 aliphatic heterocycles. The number of benzene rings is 1. The smallest absolute Gasteiger partial charge is 0.310 e. The number of hydrogen-bond acceptors (Lipinski definition) is 5. The molecule has 0 unspecified atom stereocenters. The number of rotatable bonds is 0. The average Bonchev–Trinajstić information content (AvgIpc) is 2.51. The zero-order valence-electron chi connectivity index (χ0n) is 14.3. The number of carbonyl (C=O) groups excluding carboxylic acids is 2. The Morgan fingerprint density at radius 2 is 1.54 bits per heavy atom. The van der Waals surface area contributed by atoms with E-state index in [2.05, 4.69) is 9.97 Å². The lowest BCUT2D eigenvalue weighted by Gasteiger charge is -2.11. The van der Waals surface area contributed by atoms with E-state index in [4.69, 9.17) is 13.3 Å². The normalized spacial score (nSPS) is 12.3. The van der Waals surface area contributed by atoms with Gasteiger partial charge in [0.05, 0.1) is 0 Å². The molecule has 9 heteroatoms. The Balaban J connectivity index is 0.000000227. The molecular formula is C17H18N2O6S. The molecule has 0 bridgehead atoms. The first-order chi connectivity index (χ1) is 12.1. The molecule has 0 saturated carbocycles. The lowest BCUT2D eigenvalue weighted by atomic mass is 9.90. The maximum absolute atomic E-state index is 11.5. The monoisotopic (exact) mass is 378 g/mol. The Kier molecular flexibility index (Phi) is 7.91. The van der Waals surface area contributed by atoms with Crippen LogP contribution in [0.1, 0.15) is 39.0 Å². The van der Waals surface area contributed by atoms with Gasteiger partial charge in [-0.2, -0.15) is 9.19 Å². The van der Waals surface area contributed by atoms with Gasteiger partial charge in [0.2, 0.25) is 0 Å². The first-order valence-electron chi connectivity index (χ1n) is 7.32. The lowest BCUT2D eigenvalue weighted by Crippen LogP contribution is -2.14. The minimum absolute atomic E-state index is 0.0461. The highest BCUT2D eigenvalue weighted by atomic mass is 32.2. The highest BCUT2D eigenvalue weighted by Gasteiger charge is 2.21. The molecule has 0 fully saturated rings. The fourth-order valence-corrected chi connectivity index (χ4v) is 2.19. The number of ketones is 2. The van der Waals surface area contributed by atoms with Crippen molar-refractivity contribution in [2.45, 2.75) is 20.8 Å². The summed E-state index contributed by atoms with van der Waals surface area (Å²) in [5.74, 6) is -0.122. The van der Waals surface area contributed by atoms with Crippen LogP contribution in [0, 0.1) is 13.8 Å². The Bertz CT molecular complexity index is 906. The van der Waals surface area contributed by atoms with Crippen LogP contribution in [0.15, 0.2) is 46.8 Å². The van der Waals surface area contributed by atoms with Crippen LogP contribution < -0.4 is 5.69 Å². The third kappa shape index (κ3) is 6.63. The van der Waals surface area contributed by atoms with Crippen LogP contribution in [-0.4, -0.2) is 34.8 Å². The molecule has 1 aromatic heterocycles. The highest BCUT2D eigenvalue weighted by molar-refractivity contribution is 7.73. The summed E-state index contributed by atoms with van der Waals surface area (Å²) in [7, 11) is 0. The maximum atomic E-state index is 11.5. The summed E-state index contributed by atoms with van der Waals surface area (Å²) >= 11 is -2.61. The molecule has 0 spiro atoms. The zero-order chi connectivity index (χ0) is 19.9. The van der Waals surface area contributed by atoms with Gasteiger partial charge in [-0.25, -0.2) is 4.79 Å². The number of nitrogens with one attached hydrogen (secondary N) is 1. The summed E-state index contributed by atoms with van der Waals surface area (Å²) in [6.45, 7) is 5.29. The van der Waals surface area contributed by atoms with Crippen molar-refractivity contribution in [3.8, 4) is 0 Å². The van der Waals surface area contributed by atoms with Crippen LogP contribution in [0.25, 0.3) is 0 Å². The first kappa shape index (κ1) is 21.3. The van der Waals surface area contributed by atoms with Gasteiger partial charge >= 0.3 is 5.69 Å². The third-order valence-corrected chi connectivity index (χ3v) is 3.15. The average molecular weight is 378 g/mol. The van der Waals surface area contributed by atoms with Gasteiger partial charge in [0.25, 0.3) is 11.4 Å². The number of Topliss-reactive ketones (excluding diaryl/α,β-unsaturated/α-hetero) is 1. The van der Waals surface area contributed by atoms with Crippen molar-refractivity contribution in [3.63, 3.8) is 0 Å². The topological polar surface area (TPSA) is 137 Å². The molecule has 3 rings (SSSR count). The van der Waals surface area contributed by atoms with Gasteiger partial charge in [0.15, 0.2) is 11.6 Å². The fraction of sp³-hybridized carbons (Fsp3) is 0.176. The van der Waals surface area contributed by atoms with Crippen LogP contribution in [0.4, 0.5) is 0 Å². The maximum Gasteiger partial charge on any atom is 0.345 e. The molecule has 138 valence electrons. The molecule has 1 aromatic carbocycles. The molecule has 1 aliphatic carbocycles. The molecule has 0 radical (unpaired) electrons. The Hall–Kier alpha value is -2.75. The van der Waals surface area contributed by atoms with Crippen molar-refractivity contribution >= 4 is 22.9 Å². The van der Waals surface area contributed by atoms with Gasteiger partial charge in [-0.1, -0.05) is 24.3 Å². The van der Waals surface area contributed by atoms with E-state index in [1.165, 1.54) is 6.08 Å². The lowest BCUT2D eigenvalue weighted by molar-refractivity contribution is 0.0984. The van der Waals surface area contributed by atoms with Gasteiger partial charge < -0.3 is 4.98 Å². The van der Waals surface area contributed by atoms with Crippen molar-refractivity contribution in [2.75, 3.05) is 0 Å². The van der Waals surface area contributed by atoms with Gasteiger partial charge in [-0.15, -0.1) is 0 Å². The Morgan fingerprint density at radius 1 is 1.00 bits per heavy atom. The van der Waals surface area contributed by atoms with Crippen molar-refractivity contribution < 1.29 is 22.9 Å². The predicted octanol–water partition coefficient (Wildman–Crippen LogP) is 2.08. The second-order valence-corrected chi connectivity index (χ2v) is 5.77. The van der Waals surface area contributed by atoms with Gasteiger partial charge in [0.1, 0.15) is 0 Å². The second-order valence-electron chi connectivity index (χ2n) is 5.31. The largest absolute Gasteiger partial charge is 0.345 e. The van der Waals surface area contributed by atoms with E-state index < -0.39 is 11.4 Å². The summed E-state index contributed by atoms with van der Waals surface area (Å²) < 4.78 is 22.8. The van der Waals surface area contributed by atoms with E-state index >= 15 is 0 Å². The quantitative estimate of drug-likeness (QED) is 0.597. The summed E-state index contributed by atoms with van der Waals surface area (Å²) in [6.07, 6.45) is 1.39. The predicted molar refractivity (Wildman–Crippen MR) is 96.6 cm³/mol. The molecule has 3 N–H and O–H groups in total. The number of H-pyrrole nitrogens is 1. The summed E-state index contributed by atoms with van der Waals surface area (Å²) in [4.78, 5) is 39.7. The Labute approximate surface area is 152 Å². The minimum atomic E-state index is -2.61. The zero-order valence-corrected chi connectivity index (χ0v) is 15.2. The van der Waals surface area contributed by atoms with Crippen LogP contribution in [0.2, 0.25) is 0 Å². The molecule has 1 heterocycles. The van der Waals surface area contributed by atoms with Gasteiger partial charge in [0, 0.05) is 28.1 Å².